The van der Waals surface area contributed by atoms with Crippen molar-refractivity contribution in [2.75, 3.05) is 0 Å². The van der Waals surface area contributed by atoms with Gasteiger partial charge in [-0.1, -0.05) is 0 Å². The molecule has 2 aromatic heterocycles. The lowest BCUT2D eigenvalue weighted by Crippen LogP contribution is -2.51. The van der Waals surface area contributed by atoms with Crippen molar-refractivity contribution in [2.24, 2.45) is 0 Å². The molecule has 0 aliphatic heterocycles. The maximum atomic E-state index is 13.3. The summed E-state index contributed by atoms with van der Waals surface area (Å²) in [5.74, 6) is -0.527. The Labute approximate surface area is 148 Å². The quantitative estimate of drug-likeness (QED) is 0.662. The van der Waals surface area contributed by atoms with E-state index in [1.165, 1.54) is 29.3 Å². The first kappa shape index (κ1) is 16.2. The Morgan fingerprint density at radius 3 is 2.85 bits per heavy atom. The van der Waals surface area contributed by atoms with E-state index in [9.17, 15) is 14.3 Å². The highest BCUT2D eigenvalue weighted by Gasteiger charge is 2.43. The Bertz CT molecular complexity index is 962. The van der Waals surface area contributed by atoms with E-state index in [1.54, 1.807) is 13.0 Å². The predicted octanol–water partition coefficient (Wildman–Crippen LogP) is 1.95. The summed E-state index contributed by atoms with van der Waals surface area (Å²) < 4.78 is 14.6. The fraction of sp³-hybridized carbons (Fsp3) is 0.294. The number of H-pyrrole nitrogens is 1. The SMILES string of the molecule is Cc1cc(F)ccc1-n1cc(O)c(C(=O)NC2(c3ncn[nH]3)CCC2)n1. The third kappa shape index (κ3) is 2.61. The van der Waals surface area contributed by atoms with E-state index in [-0.39, 0.29) is 17.3 Å². The number of hydrogen-bond acceptors (Lipinski definition) is 5. The average Bonchev–Trinajstić information content (AvgIpc) is 3.21. The lowest BCUT2D eigenvalue weighted by molar-refractivity contribution is 0.0801. The summed E-state index contributed by atoms with van der Waals surface area (Å²) in [7, 11) is 0. The zero-order valence-electron chi connectivity index (χ0n) is 14.0. The molecule has 4 rings (SSSR count). The van der Waals surface area contributed by atoms with E-state index < -0.39 is 11.4 Å². The Hall–Kier alpha value is -3.23. The van der Waals surface area contributed by atoms with Crippen molar-refractivity contribution < 1.29 is 14.3 Å². The summed E-state index contributed by atoms with van der Waals surface area (Å²) in [6.07, 6.45) is 5.14. The number of hydrogen-bond donors (Lipinski definition) is 3. The number of benzene rings is 1. The van der Waals surface area contributed by atoms with Crippen molar-refractivity contribution >= 4 is 5.91 Å². The first-order chi connectivity index (χ1) is 12.5. The molecule has 3 N–H and O–H groups in total. The van der Waals surface area contributed by atoms with Gasteiger partial charge in [-0.2, -0.15) is 10.2 Å². The molecule has 0 radical (unpaired) electrons. The summed E-state index contributed by atoms with van der Waals surface area (Å²) in [6, 6.07) is 4.20. The Balaban J connectivity index is 1.62. The molecule has 9 heteroatoms. The maximum Gasteiger partial charge on any atom is 0.276 e. The molecule has 1 aliphatic carbocycles. The van der Waals surface area contributed by atoms with E-state index in [2.05, 4.69) is 25.6 Å². The molecule has 0 spiro atoms. The van der Waals surface area contributed by atoms with Crippen molar-refractivity contribution in [1.29, 1.82) is 0 Å². The van der Waals surface area contributed by atoms with Gasteiger partial charge in [0.2, 0.25) is 0 Å². The van der Waals surface area contributed by atoms with Crippen LogP contribution in [-0.4, -0.2) is 36.0 Å². The first-order valence-corrected chi connectivity index (χ1v) is 8.22. The highest BCUT2D eigenvalue weighted by atomic mass is 19.1. The zero-order valence-corrected chi connectivity index (χ0v) is 14.0. The van der Waals surface area contributed by atoms with Crippen LogP contribution < -0.4 is 5.32 Å². The lowest BCUT2D eigenvalue weighted by Gasteiger charge is -2.40. The summed E-state index contributed by atoms with van der Waals surface area (Å²) in [5.41, 5.74) is 0.501. The topological polar surface area (TPSA) is 109 Å². The molecule has 1 fully saturated rings. The Morgan fingerprint density at radius 1 is 1.42 bits per heavy atom. The van der Waals surface area contributed by atoms with Crippen molar-refractivity contribution in [3.8, 4) is 11.4 Å². The van der Waals surface area contributed by atoms with E-state index in [0.29, 0.717) is 17.1 Å². The number of carbonyl (C=O) groups is 1. The van der Waals surface area contributed by atoms with Gasteiger partial charge in [0.1, 0.15) is 18.0 Å². The van der Waals surface area contributed by atoms with Crippen LogP contribution in [-0.2, 0) is 5.54 Å². The number of aryl methyl sites for hydroxylation is 1. The van der Waals surface area contributed by atoms with Crippen LogP contribution in [0.3, 0.4) is 0 Å². The van der Waals surface area contributed by atoms with Crippen LogP contribution in [0.2, 0.25) is 0 Å². The lowest BCUT2D eigenvalue weighted by atomic mass is 9.76. The van der Waals surface area contributed by atoms with Crippen molar-refractivity contribution in [1.82, 2.24) is 30.3 Å². The molecule has 1 amide bonds. The summed E-state index contributed by atoms with van der Waals surface area (Å²) in [6.45, 7) is 1.73. The zero-order chi connectivity index (χ0) is 18.3. The maximum absolute atomic E-state index is 13.3. The molecule has 0 unspecified atom stereocenters. The predicted molar refractivity (Wildman–Crippen MR) is 89.3 cm³/mol. The molecular weight excluding hydrogens is 339 g/mol. The van der Waals surface area contributed by atoms with Crippen molar-refractivity contribution in [2.45, 2.75) is 31.7 Å². The van der Waals surface area contributed by atoms with Gasteiger partial charge in [-0.05, 0) is 49.9 Å². The summed E-state index contributed by atoms with van der Waals surface area (Å²) >= 11 is 0. The minimum absolute atomic E-state index is 0.0977. The van der Waals surface area contributed by atoms with Crippen LogP contribution in [0.15, 0.2) is 30.7 Å². The molecule has 3 aromatic rings. The average molecular weight is 356 g/mol. The van der Waals surface area contributed by atoms with Crippen LogP contribution in [0.25, 0.3) is 5.69 Å². The minimum atomic E-state index is -0.615. The second-order valence-electron chi connectivity index (χ2n) is 6.46. The van der Waals surface area contributed by atoms with Gasteiger partial charge in [0.05, 0.1) is 17.4 Å². The van der Waals surface area contributed by atoms with Crippen molar-refractivity contribution in [3.05, 3.63) is 53.6 Å². The number of amides is 1. The largest absolute Gasteiger partial charge is 0.504 e. The number of carbonyl (C=O) groups excluding carboxylic acids is 1. The molecule has 0 saturated heterocycles. The number of aromatic nitrogens is 5. The van der Waals surface area contributed by atoms with Crippen molar-refractivity contribution in [3.63, 3.8) is 0 Å². The molecule has 134 valence electrons. The normalized spacial score (nSPS) is 15.5. The molecule has 2 heterocycles. The van der Waals surface area contributed by atoms with Crippen LogP contribution >= 0.6 is 0 Å². The molecule has 1 saturated carbocycles. The van der Waals surface area contributed by atoms with Crippen LogP contribution in [0.4, 0.5) is 4.39 Å². The summed E-state index contributed by atoms with van der Waals surface area (Å²) in [4.78, 5) is 16.8. The van der Waals surface area contributed by atoms with Gasteiger partial charge in [-0.15, -0.1) is 0 Å². The fourth-order valence-corrected chi connectivity index (χ4v) is 3.19. The van der Waals surface area contributed by atoms with Gasteiger partial charge in [-0.25, -0.2) is 14.1 Å². The Morgan fingerprint density at radius 2 is 2.23 bits per heavy atom. The van der Waals surface area contributed by atoms with Gasteiger partial charge >= 0.3 is 0 Å². The monoisotopic (exact) mass is 356 g/mol. The third-order valence-electron chi connectivity index (χ3n) is 4.74. The van der Waals surface area contributed by atoms with Crippen LogP contribution in [0.5, 0.6) is 5.75 Å². The first-order valence-electron chi connectivity index (χ1n) is 8.22. The standard InChI is InChI=1S/C17H17FN6O2/c1-10-7-11(18)3-4-12(10)24-8-13(25)14(23-24)15(26)21-17(5-2-6-17)16-19-9-20-22-16/h3-4,7-9,25H,2,5-6H2,1H3,(H,21,26)(H,19,20,22). The number of halogens is 1. The van der Waals surface area contributed by atoms with E-state index in [1.807, 2.05) is 0 Å². The fourth-order valence-electron chi connectivity index (χ4n) is 3.19. The molecule has 1 aromatic carbocycles. The molecule has 1 aliphatic rings. The summed E-state index contributed by atoms with van der Waals surface area (Å²) in [5, 5.41) is 23.9. The molecule has 26 heavy (non-hydrogen) atoms. The second-order valence-corrected chi connectivity index (χ2v) is 6.46. The second kappa shape index (κ2) is 5.94. The highest BCUT2D eigenvalue weighted by Crippen LogP contribution is 2.39. The van der Waals surface area contributed by atoms with E-state index in [4.69, 9.17) is 0 Å². The van der Waals surface area contributed by atoms with Crippen LogP contribution in [0, 0.1) is 12.7 Å². The van der Waals surface area contributed by atoms with E-state index in [0.717, 1.165) is 19.3 Å². The number of aromatic hydroxyl groups is 1. The minimum Gasteiger partial charge on any atom is -0.504 e. The number of aromatic amines is 1. The third-order valence-corrected chi connectivity index (χ3v) is 4.74. The number of nitrogens with zero attached hydrogens (tertiary/aromatic N) is 4. The molecular formula is C17H17FN6O2. The Kier molecular flexibility index (Phi) is 3.71. The number of rotatable bonds is 4. The van der Waals surface area contributed by atoms with Gasteiger partial charge in [0.25, 0.3) is 5.91 Å². The van der Waals surface area contributed by atoms with E-state index >= 15 is 0 Å². The molecule has 8 nitrogen and oxygen atoms in total. The van der Waals surface area contributed by atoms with Gasteiger partial charge < -0.3 is 10.4 Å². The molecule has 0 atom stereocenters. The highest BCUT2D eigenvalue weighted by molar-refractivity contribution is 5.95. The van der Waals surface area contributed by atoms with Gasteiger partial charge in [0.15, 0.2) is 11.4 Å². The number of nitrogens with one attached hydrogen (secondary N) is 2. The van der Waals surface area contributed by atoms with Gasteiger partial charge in [-0.3, -0.25) is 9.89 Å². The van der Waals surface area contributed by atoms with Crippen LogP contribution in [0.1, 0.15) is 41.1 Å². The smallest absolute Gasteiger partial charge is 0.276 e. The molecule has 0 bridgehead atoms. The van der Waals surface area contributed by atoms with Gasteiger partial charge in [0, 0.05) is 0 Å².